The molecule has 1 rings (SSSR count). The first-order valence-electron chi connectivity index (χ1n) is 5.45. The number of methoxy groups -OCH3 is 1. The van der Waals surface area contributed by atoms with Gasteiger partial charge in [-0.2, -0.15) is 39.5 Å². The Morgan fingerprint density at radius 1 is 0.957 bits per heavy atom. The lowest BCUT2D eigenvalue weighted by Crippen LogP contribution is -2.59. The molecule has 0 atom stereocenters. The van der Waals surface area contributed by atoms with Crippen molar-refractivity contribution in [2.24, 2.45) is 0 Å². The zero-order chi connectivity index (χ0) is 18.3. The normalized spacial score (nSPS) is 13.8. The molecule has 130 valence electrons. The van der Waals surface area contributed by atoms with E-state index in [1.807, 2.05) is 0 Å². The second kappa shape index (κ2) is 5.57. The molecule has 0 aliphatic heterocycles. The van der Waals surface area contributed by atoms with E-state index in [-0.39, 0.29) is 12.3 Å². The van der Waals surface area contributed by atoms with Gasteiger partial charge in [0, 0.05) is 11.8 Å². The lowest BCUT2D eigenvalue weighted by atomic mass is 9.98. The minimum Gasteiger partial charge on any atom is -0.464 e. The van der Waals surface area contributed by atoms with Gasteiger partial charge in [-0.25, -0.2) is 9.78 Å². The summed E-state index contributed by atoms with van der Waals surface area (Å²) in [6, 6.07) is 0.483. The average Bonchev–Trinajstić information content (AvgIpc) is 2.44. The Hall–Kier alpha value is -2.01. The Labute approximate surface area is 122 Å². The van der Waals surface area contributed by atoms with Crippen molar-refractivity contribution in [1.29, 1.82) is 0 Å². The quantitative estimate of drug-likeness (QED) is 0.609. The topological polar surface area (TPSA) is 39.2 Å². The number of rotatable bonds is 4. The van der Waals surface area contributed by atoms with Gasteiger partial charge in [-0.15, -0.1) is 0 Å². The van der Waals surface area contributed by atoms with Crippen LogP contribution in [0.3, 0.4) is 0 Å². The molecule has 0 aliphatic rings. The fourth-order valence-corrected chi connectivity index (χ4v) is 1.36. The van der Waals surface area contributed by atoms with Crippen molar-refractivity contribution < 1.29 is 49.0 Å². The van der Waals surface area contributed by atoms with E-state index in [4.69, 9.17) is 0 Å². The highest BCUT2D eigenvalue weighted by atomic mass is 19.4. The minimum absolute atomic E-state index is 0.0691. The minimum atomic E-state index is -7.00. The summed E-state index contributed by atoms with van der Waals surface area (Å²) in [5, 5.41) is 0. The van der Waals surface area contributed by atoms with Crippen molar-refractivity contribution >= 4 is 5.97 Å². The maximum atomic E-state index is 13.5. The molecule has 0 saturated carbocycles. The van der Waals surface area contributed by atoms with Crippen LogP contribution in [-0.4, -0.2) is 36.1 Å². The summed E-state index contributed by atoms with van der Waals surface area (Å²) in [6.07, 6.45) is -7.02. The van der Waals surface area contributed by atoms with Crippen LogP contribution >= 0.6 is 0 Å². The summed E-state index contributed by atoms with van der Waals surface area (Å²) >= 11 is 0. The van der Waals surface area contributed by atoms with Crippen LogP contribution in [0.25, 0.3) is 0 Å². The van der Waals surface area contributed by atoms with Crippen molar-refractivity contribution in [2.45, 2.75) is 23.9 Å². The third-order valence-corrected chi connectivity index (χ3v) is 2.67. The molecule has 1 aromatic rings. The lowest BCUT2D eigenvalue weighted by molar-refractivity contribution is -0.399. The van der Waals surface area contributed by atoms with Gasteiger partial charge in [0.05, 0.1) is 7.11 Å². The number of carbonyl (C=O) groups excluding carboxylic acids is 1. The maximum Gasteiger partial charge on any atom is 0.460 e. The number of alkyl halides is 9. The molecule has 0 spiro atoms. The SMILES string of the molecule is COC(=O)c1ccc(C(F)(F)C(F)(F)C(F)(F)C(F)(F)F)cn1. The Morgan fingerprint density at radius 3 is 1.83 bits per heavy atom. The molecular formula is C11H6F9NO2. The van der Waals surface area contributed by atoms with Crippen LogP contribution in [0.1, 0.15) is 16.1 Å². The predicted molar refractivity (Wildman–Crippen MR) is 55.4 cm³/mol. The molecular weight excluding hydrogens is 349 g/mol. The highest BCUT2D eigenvalue weighted by molar-refractivity contribution is 5.87. The van der Waals surface area contributed by atoms with Crippen molar-refractivity contribution in [2.75, 3.05) is 7.11 Å². The van der Waals surface area contributed by atoms with Gasteiger partial charge in [0.25, 0.3) is 0 Å². The second-order valence-corrected chi connectivity index (χ2v) is 4.14. The standard InChI is InChI=1S/C11H6F9NO2/c1-23-7(22)6-3-2-5(4-21-6)8(12,13)9(14,15)10(16,17)11(18,19)20/h2-4H,1H3. The Bertz CT molecular complexity index is 580. The highest BCUT2D eigenvalue weighted by Gasteiger charge is 2.82. The number of halogens is 9. The van der Waals surface area contributed by atoms with Gasteiger partial charge in [-0.1, -0.05) is 0 Å². The maximum absolute atomic E-state index is 13.5. The highest BCUT2D eigenvalue weighted by Crippen LogP contribution is 2.56. The van der Waals surface area contributed by atoms with Crippen molar-refractivity contribution in [1.82, 2.24) is 4.98 Å². The van der Waals surface area contributed by atoms with E-state index in [9.17, 15) is 44.3 Å². The van der Waals surface area contributed by atoms with Crippen LogP contribution in [0.4, 0.5) is 39.5 Å². The predicted octanol–water partition coefficient (Wildman–Crippen LogP) is 3.79. The molecule has 1 heterocycles. The summed E-state index contributed by atoms with van der Waals surface area (Å²) < 4.78 is 119. The van der Waals surface area contributed by atoms with Crippen molar-refractivity contribution in [3.63, 3.8) is 0 Å². The number of aromatic nitrogens is 1. The molecule has 0 bridgehead atoms. The van der Waals surface area contributed by atoms with Gasteiger partial charge < -0.3 is 4.74 Å². The molecule has 0 unspecified atom stereocenters. The van der Waals surface area contributed by atoms with Gasteiger partial charge >= 0.3 is 29.9 Å². The molecule has 0 aromatic carbocycles. The summed E-state index contributed by atoms with van der Waals surface area (Å²) in [5.41, 5.74) is -2.57. The van der Waals surface area contributed by atoms with E-state index >= 15 is 0 Å². The monoisotopic (exact) mass is 355 g/mol. The number of hydrogen-bond donors (Lipinski definition) is 0. The molecule has 1 aromatic heterocycles. The summed E-state index contributed by atoms with van der Waals surface area (Å²) in [7, 11) is 0.880. The molecule has 23 heavy (non-hydrogen) atoms. The van der Waals surface area contributed by atoms with Gasteiger partial charge in [0.15, 0.2) is 0 Å². The molecule has 0 amide bonds. The van der Waals surface area contributed by atoms with Crippen LogP contribution in [-0.2, 0) is 10.7 Å². The van der Waals surface area contributed by atoms with Crippen LogP contribution in [0.15, 0.2) is 18.3 Å². The third-order valence-electron chi connectivity index (χ3n) is 2.67. The largest absolute Gasteiger partial charge is 0.464 e. The summed E-state index contributed by atoms with van der Waals surface area (Å²) in [4.78, 5) is 13.9. The summed E-state index contributed by atoms with van der Waals surface area (Å²) in [5.74, 6) is -20.8. The van der Waals surface area contributed by atoms with E-state index in [0.29, 0.717) is 6.07 Å². The first kappa shape index (κ1) is 19.0. The molecule has 12 heteroatoms. The molecule has 0 fully saturated rings. The van der Waals surface area contributed by atoms with Crippen LogP contribution < -0.4 is 0 Å². The molecule has 3 nitrogen and oxygen atoms in total. The fourth-order valence-electron chi connectivity index (χ4n) is 1.36. The van der Waals surface area contributed by atoms with Gasteiger partial charge in [-0.05, 0) is 12.1 Å². The molecule has 0 saturated heterocycles. The molecule has 0 aliphatic carbocycles. The Kier molecular flexibility index (Phi) is 4.61. The van der Waals surface area contributed by atoms with Crippen LogP contribution in [0.5, 0.6) is 0 Å². The zero-order valence-corrected chi connectivity index (χ0v) is 10.9. The third kappa shape index (κ3) is 2.93. The van der Waals surface area contributed by atoms with Crippen LogP contribution in [0.2, 0.25) is 0 Å². The van der Waals surface area contributed by atoms with Crippen molar-refractivity contribution in [3.05, 3.63) is 29.6 Å². The number of hydrogen-bond acceptors (Lipinski definition) is 3. The van der Waals surface area contributed by atoms with Gasteiger partial charge in [0.1, 0.15) is 5.69 Å². The first-order valence-corrected chi connectivity index (χ1v) is 5.45. The van der Waals surface area contributed by atoms with Gasteiger partial charge in [-0.3, -0.25) is 0 Å². The van der Waals surface area contributed by atoms with E-state index in [1.54, 1.807) is 0 Å². The Morgan fingerprint density at radius 2 is 1.48 bits per heavy atom. The van der Waals surface area contributed by atoms with E-state index in [2.05, 4.69) is 9.72 Å². The summed E-state index contributed by atoms with van der Waals surface area (Å²) in [6.45, 7) is 0. The average molecular weight is 355 g/mol. The van der Waals surface area contributed by atoms with Crippen LogP contribution in [0, 0.1) is 0 Å². The number of ether oxygens (including phenoxy) is 1. The van der Waals surface area contributed by atoms with E-state index < -0.39 is 41.2 Å². The van der Waals surface area contributed by atoms with Gasteiger partial charge in [0.2, 0.25) is 0 Å². The number of pyridine rings is 1. The molecule has 0 radical (unpaired) electrons. The number of carbonyl (C=O) groups is 1. The zero-order valence-electron chi connectivity index (χ0n) is 10.9. The molecule has 0 N–H and O–H groups in total. The second-order valence-electron chi connectivity index (χ2n) is 4.14. The smallest absolute Gasteiger partial charge is 0.460 e. The number of nitrogens with zero attached hydrogens (tertiary/aromatic N) is 1. The lowest BCUT2D eigenvalue weighted by Gasteiger charge is -2.33. The van der Waals surface area contributed by atoms with E-state index in [0.717, 1.165) is 7.11 Å². The van der Waals surface area contributed by atoms with E-state index in [1.165, 1.54) is 0 Å². The Balaban J connectivity index is 3.32. The first-order chi connectivity index (χ1) is 10.2. The number of esters is 1. The fraction of sp³-hybridized carbons (Fsp3) is 0.455. The van der Waals surface area contributed by atoms with Crippen molar-refractivity contribution in [3.8, 4) is 0 Å².